The fourth-order valence-corrected chi connectivity index (χ4v) is 1.95. The Balaban J connectivity index is 2.46. The summed E-state index contributed by atoms with van der Waals surface area (Å²) >= 11 is 1.37. The molecule has 20 heavy (non-hydrogen) atoms. The van der Waals surface area contributed by atoms with E-state index in [-0.39, 0.29) is 12.4 Å². The van der Waals surface area contributed by atoms with Crippen LogP contribution in [0.3, 0.4) is 0 Å². The van der Waals surface area contributed by atoms with Crippen molar-refractivity contribution < 1.29 is 13.9 Å². The minimum atomic E-state index is -0.427. The first kappa shape index (κ1) is 14.7. The van der Waals surface area contributed by atoms with Gasteiger partial charge in [-0.2, -0.15) is 0 Å². The first-order chi connectivity index (χ1) is 9.65. The SMILES string of the molecule is COCOc1cc(C)cc(F)c1-c1cnc(SC)nn1. The quantitative estimate of drug-likeness (QED) is 0.624. The summed E-state index contributed by atoms with van der Waals surface area (Å²) in [5, 5.41) is 8.42. The van der Waals surface area contributed by atoms with Crippen molar-refractivity contribution in [1.82, 2.24) is 15.2 Å². The minimum absolute atomic E-state index is 0.0274. The van der Waals surface area contributed by atoms with Gasteiger partial charge in [0.1, 0.15) is 17.3 Å². The molecule has 0 N–H and O–H groups in total. The van der Waals surface area contributed by atoms with Crippen molar-refractivity contribution in [3.63, 3.8) is 0 Å². The maximum Gasteiger partial charge on any atom is 0.208 e. The molecule has 7 heteroatoms. The second-order valence-electron chi connectivity index (χ2n) is 4.00. The highest BCUT2D eigenvalue weighted by Gasteiger charge is 2.16. The van der Waals surface area contributed by atoms with E-state index in [0.717, 1.165) is 5.56 Å². The molecule has 2 rings (SSSR count). The molecule has 0 amide bonds. The highest BCUT2D eigenvalue weighted by atomic mass is 32.2. The van der Waals surface area contributed by atoms with Gasteiger partial charge in [-0.1, -0.05) is 11.8 Å². The lowest BCUT2D eigenvalue weighted by atomic mass is 10.1. The van der Waals surface area contributed by atoms with Crippen LogP contribution in [-0.2, 0) is 4.74 Å². The van der Waals surface area contributed by atoms with Gasteiger partial charge in [-0.15, -0.1) is 10.2 Å². The van der Waals surface area contributed by atoms with Crippen molar-refractivity contribution in [2.75, 3.05) is 20.2 Å². The average Bonchev–Trinajstić information content (AvgIpc) is 2.45. The molecular weight excluding hydrogens is 281 g/mol. The number of hydrogen-bond acceptors (Lipinski definition) is 6. The summed E-state index contributed by atoms with van der Waals surface area (Å²) in [7, 11) is 1.50. The Morgan fingerprint density at radius 3 is 2.70 bits per heavy atom. The molecule has 1 aromatic carbocycles. The third kappa shape index (κ3) is 3.23. The van der Waals surface area contributed by atoms with E-state index in [1.807, 2.05) is 6.26 Å². The van der Waals surface area contributed by atoms with E-state index >= 15 is 0 Å². The van der Waals surface area contributed by atoms with Crippen LogP contribution in [0.15, 0.2) is 23.5 Å². The maximum atomic E-state index is 14.2. The number of rotatable bonds is 5. The average molecular weight is 295 g/mol. The summed E-state index contributed by atoms with van der Waals surface area (Å²) in [5.41, 5.74) is 1.31. The number of benzene rings is 1. The number of nitrogens with zero attached hydrogens (tertiary/aromatic N) is 3. The van der Waals surface area contributed by atoms with Gasteiger partial charge in [-0.05, 0) is 30.9 Å². The van der Waals surface area contributed by atoms with Gasteiger partial charge in [0.25, 0.3) is 0 Å². The van der Waals surface area contributed by atoms with Crippen molar-refractivity contribution >= 4 is 11.8 Å². The lowest BCUT2D eigenvalue weighted by molar-refractivity contribution is 0.0513. The van der Waals surface area contributed by atoms with Gasteiger partial charge in [0.2, 0.25) is 5.16 Å². The zero-order chi connectivity index (χ0) is 14.5. The molecule has 0 aliphatic carbocycles. The molecule has 0 saturated heterocycles. The standard InChI is InChI=1S/C13H14FN3O2S/c1-8-4-9(14)12(11(5-8)19-7-18-2)10-6-15-13(20-3)17-16-10/h4-6H,7H2,1-3H3. The molecule has 2 aromatic rings. The third-order valence-electron chi connectivity index (χ3n) is 2.51. The number of methoxy groups -OCH3 is 1. The zero-order valence-electron chi connectivity index (χ0n) is 11.4. The molecule has 5 nitrogen and oxygen atoms in total. The lowest BCUT2D eigenvalue weighted by Gasteiger charge is -2.12. The Hall–Kier alpha value is -1.73. The van der Waals surface area contributed by atoms with E-state index in [0.29, 0.717) is 16.6 Å². The van der Waals surface area contributed by atoms with E-state index in [2.05, 4.69) is 15.2 Å². The molecule has 1 heterocycles. The largest absolute Gasteiger partial charge is 0.467 e. The van der Waals surface area contributed by atoms with Gasteiger partial charge < -0.3 is 9.47 Å². The molecule has 0 bridgehead atoms. The molecule has 0 unspecified atom stereocenters. The monoisotopic (exact) mass is 295 g/mol. The van der Waals surface area contributed by atoms with Crippen LogP contribution in [0, 0.1) is 12.7 Å². The first-order valence-corrected chi connectivity index (χ1v) is 7.04. The first-order valence-electron chi connectivity index (χ1n) is 5.81. The van der Waals surface area contributed by atoms with E-state index < -0.39 is 5.82 Å². The van der Waals surface area contributed by atoms with Crippen LogP contribution in [0.2, 0.25) is 0 Å². The van der Waals surface area contributed by atoms with Gasteiger partial charge in [0, 0.05) is 7.11 Å². The smallest absolute Gasteiger partial charge is 0.208 e. The van der Waals surface area contributed by atoms with Crippen molar-refractivity contribution in [1.29, 1.82) is 0 Å². The second-order valence-corrected chi connectivity index (χ2v) is 4.77. The Kier molecular flexibility index (Phi) is 4.86. The molecule has 106 valence electrons. The zero-order valence-corrected chi connectivity index (χ0v) is 12.2. The normalized spacial score (nSPS) is 10.6. The molecule has 1 aromatic heterocycles. The molecule has 0 aliphatic rings. The van der Waals surface area contributed by atoms with Gasteiger partial charge in [-0.25, -0.2) is 9.37 Å². The summed E-state index contributed by atoms with van der Waals surface area (Å²) in [5.74, 6) is -0.0681. The Morgan fingerprint density at radius 2 is 2.10 bits per heavy atom. The number of hydrogen-bond donors (Lipinski definition) is 0. The van der Waals surface area contributed by atoms with Crippen molar-refractivity contribution in [3.05, 3.63) is 29.7 Å². The number of aryl methyl sites for hydroxylation is 1. The van der Waals surface area contributed by atoms with Crippen LogP contribution in [0.4, 0.5) is 4.39 Å². The Morgan fingerprint density at radius 1 is 1.30 bits per heavy atom. The molecule has 0 saturated carbocycles. The molecule has 0 aliphatic heterocycles. The van der Waals surface area contributed by atoms with Crippen LogP contribution in [0.5, 0.6) is 5.75 Å². The van der Waals surface area contributed by atoms with E-state index in [1.54, 1.807) is 13.0 Å². The van der Waals surface area contributed by atoms with Crippen molar-refractivity contribution in [2.24, 2.45) is 0 Å². The van der Waals surface area contributed by atoms with Crippen LogP contribution in [0.1, 0.15) is 5.56 Å². The van der Waals surface area contributed by atoms with E-state index in [4.69, 9.17) is 9.47 Å². The fraction of sp³-hybridized carbons (Fsp3) is 0.308. The topological polar surface area (TPSA) is 57.1 Å². The molecule has 0 spiro atoms. The van der Waals surface area contributed by atoms with Crippen LogP contribution < -0.4 is 4.74 Å². The van der Waals surface area contributed by atoms with Gasteiger partial charge in [0.15, 0.2) is 6.79 Å². The highest BCUT2D eigenvalue weighted by Crippen LogP contribution is 2.32. The summed E-state index contributed by atoms with van der Waals surface area (Å²) in [6.45, 7) is 1.81. The minimum Gasteiger partial charge on any atom is -0.467 e. The molecule has 0 atom stereocenters. The Labute approximate surface area is 120 Å². The van der Waals surface area contributed by atoms with Gasteiger partial charge in [-0.3, -0.25) is 0 Å². The number of ether oxygens (including phenoxy) is 2. The molecule has 0 fully saturated rings. The van der Waals surface area contributed by atoms with Gasteiger partial charge in [0.05, 0.1) is 11.8 Å². The number of halogens is 1. The maximum absolute atomic E-state index is 14.2. The number of aromatic nitrogens is 3. The number of thioether (sulfide) groups is 1. The van der Waals surface area contributed by atoms with Crippen LogP contribution in [0.25, 0.3) is 11.3 Å². The summed E-state index contributed by atoms with van der Waals surface area (Å²) < 4.78 is 24.4. The van der Waals surface area contributed by atoms with Crippen molar-refractivity contribution in [3.8, 4) is 17.0 Å². The fourth-order valence-electron chi connectivity index (χ4n) is 1.67. The second kappa shape index (κ2) is 6.62. The molecular formula is C13H14FN3O2S. The van der Waals surface area contributed by atoms with Gasteiger partial charge >= 0.3 is 0 Å². The predicted molar refractivity (Wildman–Crippen MR) is 74.2 cm³/mol. The molecule has 0 radical (unpaired) electrons. The summed E-state index contributed by atoms with van der Waals surface area (Å²) in [6, 6.07) is 3.14. The van der Waals surface area contributed by atoms with E-state index in [9.17, 15) is 4.39 Å². The van der Waals surface area contributed by atoms with Crippen LogP contribution in [-0.4, -0.2) is 35.3 Å². The lowest BCUT2D eigenvalue weighted by Crippen LogP contribution is -2.03. The Bertz CT molecular complexity index is 593. The third-order valence-corrected chi connectivity index (χ3v) is 3.06. The summed E-state index contributed by atoms with van der Waals surface area (Å²) in [4.78, 5) is 4.09. The van der Waals surface area contributed by atoms with E-state index in [1.165, 1.54) is 31.1 Å². The predicted octanol–water partition coefficient (Wildman–Crippen LogP) is 2.69. The highest BCUT2D eigenvalue weighted by molar-refractivity contribution is 7.98. The van der Waals surface area contributed by atoms with Crippen LogP contribution >= 0.6 is 11.8 Å². The van der Waals surface area contributed by atoms with Crippen molar-refractivity contribution in [2.45, 2.75) is 12.1 Å². The summed E-state index contributed by atoms with van der Waals surface area (Å²) in [6.07, 6.45) is 3.32.